The van der Waals surface area contributed by atoms with Crippen LogP contribution in [-0.4, -0.2) is 46.3 Å². The number of hydrogen-bond donors (Lipinski definition) is 2. The van der Waals surface area contributed by atoms with Crippen molar-refractivity contribution in [3.8, 4) is 0 Å². The van der Waals surface area contributed by atoms with Crippen molar-refractivity contribution < 1.29 is 74.5 Å². The third-order valence-corrected chi connectivity index (χ3v) is 1.56. The molecule has 0 aliphatic heterocycles. The summed E-state index contributed by atoms with van der Waals surface area (Å²) in [4.78, 5) is 0. The number of hydrogen-bond acceptors (Lipinski definition) is 5. The van der Waals surface area contributed by atoms with Crippen LogP contribution in [0.4, 0.5) is 0 Å². The van der Waals surface area contributed by atoms with Crippen molar-refractivity contribution in [2.75, 3.05) is 6.61 Å². The number of rotatable bonds is 4. The van der Waals surface area contributed by atoms with Crippen LogP contribution in [0.1, 0.15) is 6.42 Å². The molecule has 0 fully saturated rings. The molecule has 8 heteroatoms. The van der Waals surface area contributed by atoms with Gasteiger partial charge in [-0.15, -0.1) is 0 Å². The van der Waals surface area contributed by atoms with E-state index in [2.05, 4.69) is 4.18 Å². The molecule has 0 rings (SSSR count). The minimum atomic E-state index is -3.73. The van der Waals surface area contributed by atoms with Crippen LogP contribution >= 0.6 is 0 Å². The molecular weight excluding hydrogens is 266 g/mol. The van der Waals surface area contributed by atoms with Crippen LogP contribution in [0.3, 0.4) is 0 Å². The third kappa shape index (κ3) is 12.1. The Bertz CT molecular complexity index is 180. The predicted octanol–water partition coefficient (Wildman–Crippen LogP) is -4.88. The summed E-state index contributed by atoms with van der Waals surface area (Å²) >= 11 is 1.71. The molecule has 0 aromatic carbocycles. The summed E-state index contributed by atoms with van der Waals surface area (Å²) in [5.41, 5.74) is 0. The summed E-state index contributed by atoms with van der Waals surface area (Å²) in [6.07, 6.45) is -1.59. The molecule has 0 saturated heterocycles. The molecule has 0 aromatic heterocycles. The molecule has 0 spiro atoms. The van der Waals surface area contributed by atoms with E-state index >= 15 is 0 Å². The van der Waals surface area contributed by atoms with Gasteiger partial charge in [-0.3, -0.25) is 0 Å². The zero-order chi connectivity index (χ0) is 8.20. The maximum Gasteiger partial charge on any atom is 1.00 e. The smallest absolute Gasteiger partial charge is 1.00 e. The minimum Gasteiger partial charge on any atom is 1.00 e. The normalized spacial score (nSPS) is 18.1. The first-order valence-electron chi connectivity index (χ1n) is 2.39. The van der Waals surface area contributed by atoms with E-state index in [0.29, 0.717) is 0 Å². The van der Waals surface area contributed by atoms with Gasteiger partial charge >= 0.3 is 117 Å². The second-order valence-corrected chi connectivity index (χ2v) is 5.05. The van der Waals surface area contributed by atoms with E-state index in [1.54, 1.807) is 14.4 Å². The van der Waals surface area contributed by atoms with Crippen LogP contribution in [-0.2, 0) is 12.6 Å². The molecule has 2 N–H and O–H groups in total. The van der Waals surface area contributed by atoms with Crippen molar-refractivity contribution in [1.82, 2.24) is 0 Å². The van der Waals surface area contributed by atoms with Gasteiger partial charge in [0, 0.05) is 0 Å². The van der Waals surface area contributed by atoms with Crippen LogP contribution in [0.15, 0.2) is 0 Å². The van der Waals surface area contributed by atoms with Crippen LogP contribution in [0.5, 0.6) is 0 Å². The Balaban J connectivity index is 0. The van der Waals surface area contributed by atoms with Crippen molar-refractivity contribution in [1.29, 1.82) is 0 Å². The minimum absolute atomic E-state index is 0. The van der Waals surface area contributed by atoms with Gasteiger partial charge in [0.05, 0.1) is 0 Å². The molecule has 0 bridgehead atoms. The Kier molecular flexibility index (Phi) is 10.7. The van der Waals surface area contributed by atoms with E-state index in [1.165, 1.54) is 0 Å². The zero-order valence-corrected chi connectivity index (χ0v) is 11.6. The van der Waals surface area contributed by atoms with Crippen LogP contribution in [0.2, 0.25) is 0 Å². The molecule has 2 unspecified atom stereocenters. The van der Waals surface area contributed by atoms with Crippen LogP contribution in [0, 0.1) is 0 Å². The SMILES string of the molecule is O=S([O-])(=[Se])OC(O)CCO.[K+]. The average Bonchev–Trinajstić information content (AvgIpc) is 1.59. The van der Waals surface area contributed by atoms with Gasteiger partial charge in [-0.05, 0) is 0 Å². The first-order valence-corrected chi connectivity index (χ1v) is 5.82. The fraction of sp³-hybridized carbons (Fsp3) is 1.00. The summed E-state index contributed by atoms with van der Waals surface area (Å²) in [6.45, 7) is -0.323. The Hall–Kier alpha value is 2.15. The van der Waals surface area contributed by atoms with Crippen LogP contribution in [0.25, 0.3) is 0 Å². The molecule has 0 aromatic rings. The van der Waals surface area contributed by atoms with E-state index in [9.17, 15) is 8.76 Å². The second-order valence-electron chi connectivity index (χ2n) is 1.47. The second kappa shape index (κ2) is 7.54. The zero-order valence-electron chi connectivity index (χ0n) is 5.93. The quantitative estimate of drug-likeness (QED) is 0.396. The van der Waals surface area contributed by atoms with Crippen LogP contribution < -0.4 is 51.4 Å². The summed E-state index contributed by atoms with van der Waals surface area (Å²) in [6, 6.07) is 0. The maximum absolute atomic E-state index is 10.2. The number of aliphatic hydroxyl groups is 2. The topological polar surface area (TPSA) is 89.8 Å². The third-order valence-electron chi connectivity index (χ3n) is 0.605. The fourth-order valence-electron chi connectivity index (χ4n) is 0.295. The van der Waals surface area contributed by atoms with Crippen molar-refractivity contribution in [2.45, 2.75) is 12.7 Å². The van der Waals surface area contributed by atoms with Crippen molar-refractivity contribution in [3.63, 3.8) is 0 Å². The van der Waals surface area contributed by atoms with Crippen molar-refractivity contribution in [2.24, 2.45) is 0 Å². The molecule has 62 valence electrons. The van der Waals surface area contributed by atoms with E-state index in [-0.39, 0.29) is 64.4 Å². The van der Waals surface area contributed by atoms with E-state index in [1.807, 2.05) is 0 Å². The first kappa shape index (κ1) is 15.6. The molecular formula is C3H7KO5SSe. The molecule has 5 nitrogen and oxygen atoms in total. The molecule has 0 amide bonds. The molecule has 0 aliphatic carbocycles. The van der Waals surface area contributed by atoms with Gasteiger partial charge in [0.2, 0.25) is 0 Å². The molecule has 0 heterocycles. The summed E-state index contributed by atoms with van der Waals surface area (Å²) in [5, 5.41) is 16.8. The summed E-state index contributed by atoms with van der Waals surface area (Å²) in [7, 11) is -3.73. The summed E-state index contributed by atoms with van der Waals surface area (Å²) < 4.78 is 24.4. The van der Waals surface area contributed by atoms with Gasteiger partial charge in [-0.25, -0.2) is 0 Å². The molecule has 2 atom stereocenters. The standard InChI is InChI=1S/C3H8O5SSe.K/c4-2-1-3(5)8-9(6,7)10;/h3-5H,1-2H2,(H,6,7,10);/q;+1/p-1. The molecule has 0 aliphatic rings. The van der Waals surface area contributed by atoms with Gasteiger partial charge in [0.25, 0.3) is 0 Å². The van der Waals surface area contributed by atoms with Gasteiger partial charge < -0.3 is 0 Å². The largest absolute Gasteiger partial charge is 1.00 e. The van der Waals surface area contributed by atoms with Gasteiger partial charge in [-0.2, -0.15) is 0 Å². The Labute approximate surface area is 115 Å². The van der Waals surface area contributed by atoms with Gasteiger partial charge in [0.1, 0.15) is 0 Å². The molecule has 11 heavy (non-hydrogen) atoms. The van der Waals surface area contributed by atoms with Gasteiger partial charge in [0.15, 0.2) is 0 Å². The van der Waals surface area contributed by atoms with E-state index in [0.717, 1.165) is 0 Å². The first-order chi connectivity index (χ1) is 4.45. The van der Waals surface area contributed by atoms with Crippen molar-refractivity contribution in [3.05, 3.63) is 0 Å². The Morgan fingerprint density at radius 3 is 2.45 bits per heavy atom. The van der Waals surface area contributed by atoms with Gasteiger partial charge in [-0.1, -0.05) is 0 Å². The fourth-order valence-corrected chi connectivity index (χ4v) is 1.23. The monoisotopic (exact) mass is 274 g/mol. The predicted molar refractivity (Wildman–Crippen MR) is 33.5 cm³/mol. The van der Waals surface area contributed by atoms with E-state index in [4.69, 9.17) is 10.2 Å². The molecule has 0 radical (unpaired) electrons. The van der Waals surface area contributed by atoms with E-state index < -0.39 is 14.7 Å². The Morgan fingerprint density at radius 2 is 2.18 bits per heavy atom. The number of aliphatic hydroxyl groups excluding tert-OH is 2. The summed E-state index contributed by atoms with van der Waals surface area (Å²) in [5.74, 6) is 0. The molecule has 0 saturated carbocycles. The average molecular weight is 273 g/mol. The Morgan fingerprint density at radius 1 is 1.73 bits per heavy atom. The maximum atomic E-state index is 10.2. The van der Waals surface area contributed by atoms with Crippen molar-refractivity contribution >= 4 is 22.8 Å².